The molecule has 4 aromatic heterocycles. The number of nitrogens with zero attached hydrogens (tertiary/aromatic N) is 5. The van der Waals surface area contributed by atoms with Crippen LogP contribution in [0.4, 0.5) is 5.82 Å². The molecule has 168 valence electrons. The van der Waals surface area contributed by atoms with Gasteiger partial charge in [0.1, 0.15) is 29.3 Å². The summed E-state index contributed by atoms with van der Waals surface area (Å²) in [6.07, 6.45) is 5.19. The minimum Gasteiger partial charge on any atom is -0.477 e. The van der Waals surface area contributed by atoms with Crippen LogP contribution >= 0.6 is 11.5 Å². The zero-order valence-corrected chi connectivity index (χ0v) is 18.4. The summed E-state index contributed by atoms with van der Waals surface area (Å²) in [5, 5.41) is 10.1. The van der Waals surface area contributed by atoms with Crippen LogP contribution in [-0.4, -0.2) is 48.9 Å². The lowest BCUT2D eigenvalue weighted by atomic mass is 9.92. The lowest BCUT2D eigenvalue weighted by Gasteiger charge is -2.39. The van der Waals surface area contributed by atoms with E-state index in [4.69, 9.17) is 4.42 Å². The molecule has 0 aliphatic carbocycles. The van der Waals surface area contributed by atoms with Gasteiger partial charge in [0, 0.05) is 43.7 Å². The van der Waals surface area contributed by atoms with Gasteiger partial charge < -0.3 is 14.4 Å². The van der Waals surface area contributed by atoms with Crippen molar-refractivity contribution in [3.63, 3.8) is 0 Å². The van der Waals surface area contributed by atoms with Gasteiger partial charge in [-0.25, -0.2) is 14.8 Å². The highest BCUT2D eigenvalue weighted by molar-refractivity contribution is 7.08. The van der Waals surface area contributed by atoms with Gasteiger partial charge >= 0.3 is 5.97 Å². The van der Waals surface area contributed by atoms with Crippen molar-refractivity contribution in [3.8, 4) is 5.13 Å². The predicted octanol–water partition coefficient (Wildman–Crippen LogP) is 2.47. The molecule has 4 aromatic rings. The van der Waals surface area contributed by atoms with Gasteiger partial charge in [0.25, 0.3) is 0 Å². The molecule has 0 radical (unpaired) electrons. The molecule has 1 N–H and O–H groups in total. The fourth-order valence-corrected chi connectivity index (χ4v) is 4.50. The smallest absolute Gasteiger partial charge is 0.341 e. The van der Waals surface area contributed by atoms with Crippen molar-refractivity contribution in [3.05, 3.63) is 64.1 Å². The second-order valence-electron chi connectivity index (χ2n) is 7.91. The lowest BCUT2D eigenvalue weighted by Crippen LogP contribution is -2.51. The number of carboxylic acid groups (broad SMARTS) is 1. The first-order chi connectivity index (χ1) is 15.9. The van der Waals surface area contributed by atoms with Crippen LogP contribution in [0.2, 0.25) is 0 Å². The van der Waals surface area contributed by atoms with Gasteiger partial charge in [0.15, 0.2) is 5.65 Å². The molecule has 33 heavy (non-hydrogen) atoms. The average molecular weight is 465 g/mol. The molecule has 0 aromatic carbocycles. The molecule has 0 bridgehead atoms. The predicted molar refractivity (Wildman–Crippen MR) is 120 cm³/mol. The number of fused-ring (bicyclic) bond motifs is 1. The zero-order chi connectivity index (χ0) is 23.1. The Bertz CT molecular complexity index is 1410. The van der Waals surface area contributed by atoms with Crippen LogP contribution in [0.15, 0.2) is 46.2 Å². The summed E-state index contributed by atoms with van der Waals surface area (Å²) < 4.78 is 10.8. The quantitative estimate of drug-likeness (QED) is 0.437. The number of carbonyl (C=O) groups is 2. The highest BCUT2D eigenvalue weighted by atomic mass is 32.1. The maximum Gasteiger partial charge on any atom is 0.341 e. The summed E-state index contributed by atoms with van der Waals surface area (Å²) in [5.74, 6) is 0.189. The summed E-state index contributed by atoms with van der Waals surface area (Å²) >= 11 is 1.07. The number of carbonyl (C=O) groups excluding carboxylic acids is 1. The number of carboxylic acids is 1. The largest absolute Gasteiger partial charge is 0.477 e. The van der Waals surface area contributed by atoms with Gasteiger partial charge in [-0.05, 0) is 30.7 Å². The molecule has 5 rings (SSSR count). The van der Waals surface area contributed by atoms with E-state index in [9.17, 15) is 19.5 Å². The Morgan fingerprint density at radius 3 is 2.82 bits per heavy atom. The van der Waals surface area contributed by atoms with Crippen LogP contribution in [0.1, 0.15) is 28.1 Å². The monoisotopic (exact) mass is 465 g/mol. The second kappa shape index (κ2) is 8.24. The van der Waals surface area contributed by atoms with Crippen molar-refractivity contribution in [1.82, 2.24) is 18.9 Å². The molecule has 0 unspecified atom stereocenters. The molecular weight excluding hydrogens is 446 g/mol. The third-order valence-electron chi connectivity index (χ3n) is 5.79. The van der Waals surface area contributed by atoms with Gasteiger partial charge in [-0.1, -0.05) is 0 Å². The summed E-state index contributed by atoms with van der Waals surface area (Å²) in [6.45, 7) is 2.81. The topological polar surface area (TPSA) is 131 Å². The van der Waals surface area contributed by atoms with Gasteiger partial charge in [-0.15, -0.1) is 0 Å². The fourth-order valence-electron chi connectivity index (χ4n) is 3.99. The number of pyridine rings is 2. The third kappa shape index (κ3) is 3.80. The number of aromatic carboxylic acids is 1. The average Bonchev–Trinajstić information content (AvgIpc) is 3.45. The lowest BCUT2D eigenvalue weighted by molar-refractivity contribution is -0.123. The molecule has 10 nitrogen and oxygen atoms in total. The fraction of sp³-hybridized carbons (Fsp3) is 0.273. The van der Waals surface area contributed by atoms with Crippen molar-refractivity contribution in [2.45, 2.75) is 19.8 Å². The summed E-state index contributed by atoms with van der Waals surface area (Å²) in [6, 6.07) is 5.41. The molecule has 0 saturated carbocycles. The molecule has 0 atom stereocenters. The Kier molecular flexibility index (Phi) is 5.25. The number of hydrogen-bond donors (Lipinski definition) is 1. The van der Waals surface area contributed by atoms with Crippen LogP contribution in [0, 0.1) is 12.8 Å². The Morgan fingerprint density at radius 1 is 1.33 bits per heavy atom. The van der Waals surface area contributed by atoms with Crippen LogP contribution in [-0.2, 0) is 11.2 Å². The number of ketones is 1. The molecule has 0 spiro atoms. The highest BCUT2D eigenvalue weighted by Gasteiger charge is 2.33. The third-order valence-corrected chi connectivity index (χ3v) is 6.45. The number of Topliss-reactive ketones (excluding diaryl/α,β-unsaturated/α-hetero) is 1. The zero-order valence-electron chi connectivity index (χ0n) is 17.6. The van der Waals surface area contributed by atoms with Crippen LogP contribution in [0.25, 0.3) is 16.2 Å². The minimum atomic E-state index is -1.32. The first-order valence-corrected chi connectivity index (χ1v) is 11.1. The van der Waals surface area contributed by atoms with Crippen LogP contribution in [0.5, 0.6) is 0 Å². The molecule has 1 aliphatic heterocycles. The van der Waals surface area contributed by atoms with Crippen molar-refractivity contribution < 1.29 is 19.1 Å². The first-order valence-electron chi connectivity index (χ1n) is 10.3. The number of rotatable bonds is 7. The van der Waals surface area contributed by atoms with Gasteiger partial charge in [-0.3, -0.25) is 14.2 Å². The van der Waals surface area contributed by atoms with E-state index in [1.807, 2.05) is 11.0 Å². The Hall–Kier alpha value is -3.86. The van der Waals surface area contributed by atoms with E-state index in [1.165, 1.54) is 17.1 Å². The second-order valence-corrected chi connectivity index (χ2v) is 8.67. The molecule has 1 fully saturated rings. The maximum atomic E-state index is 12.9. The Morgan fingerprint density at radius 2 is 2.15 bits per heavy atom. The molecule has 0 amide bonds. The van der Waals surface area contributed by atoms with E-state index in [0.29, 0.717) is 48.1 Å². The van der Waals surface area contributed by atoms with Gasteiger partial charge in [-0.2, -0.15) is 4.37 Å². The molecule has 5 heterocycles. The maximum absolute atomic E-state index is 12.9. The van der Waals surface area contributed by atoms with Crippen molar-refractivity contribution >= 4 is 40.1 Å². The Balaban J connectivity index is 1.44. The van der Waals surface area contributed by atoms with Gasteiger partial charge in [0.2, 0.25) is 10.6 Å². The first kappa shape index (κ1) is 21.0. The number of anilines is 1. The molecule has 1 saturated heterocycles. The highest BCUT2D eigenvalue weighted by Crippen LogP contribution is 2.29. The standard InChI is InChI=1S/C22H19N5O5S/c1-12-7-17(26-8-13(9-26)16(28)5-4-14-3-2-6-32-14)25-20-18(12)19(29)15(21(30)31)10-27(20)22-23-11-24-33-22/h2-3,6-7,10-11,13H,4-5,8-9H2,1H3,(H,30,31). The number of furan rings is 1. The minimum absolute atomic E-state index is 0.0856. The van der Waals surface area contributed by atoms with Crippen LogP contribution < -0.4 is 10.3 Å². The summed E-state index contributed by atoms with van der Waals surface area (Å²) in [7, 11) is 0. The Labute approximate surface area is 191 Å². The van der Waals surface area contributed by atoms with E-state index in [0.717, 1.165) is 17.3 Å². The molecule has 11 heteroatoms. The van der Waals surface area contributed by atoms with Crippen molar-refractivity contribution in [1.29, 1.82) is 0 Å². The SMILES string of the molecule is Cc1cc(N2CC(C(=O)CCc3ccco3)C2)nc2c1c(=O)c(C(=O)O)cn2-c1ncns1. The van der Waals surface area contributed by atoms with E-state index < -0.39 is 11.4 Å². The summed E-state index contributed by atoms with van der Waals surface area (Å²) in [5.41, 5.74) is -0.0377. The van der Waals surface area contributed by atoms with Gasteiger partial charge in [0.05, 0.1) is 17.6 Å². The number of aryl methyl sites for hydroxylation is 2. The number of aromatic nitrogens is 4. The van der Waals surface area contributed by atoms with E-state index >= 15 is 0 Å². The molecular formula is C22H19N5O5S. The van der Waals surface area contributed by atoms with E-state index in [2.05, 4.69) is 14.3 Å². The van der Waals surface area contributed by atoms with Crippen LogP contribution in [0.3, 0.4) is 0 Å². The van der Waals surface area contributed by atoms with E-state index in [1.54, 1.807) is 25.3 Å². The van der Waals surface area contributed by atoms with Crippen molar-refractivity contribution in [2.75, 3.05) is 18.0 Å². The summed E-state index contributed by atoms with van der Waals surface area (Å²) in [4.78, 5) is 47.8. The van der Waals surface area contributed by atoms with Crippen molar-refractivity contribution in [2.24, 2.45) is 5.92 Å². The normalized spacial score (nSPS) is 13.9. The van der Waals surface area contributed by atoms with E-state index in [-0.39, 0.29) is 22.7 Å². The molecule has 1 aliphatic rings. The number of hydrogen-bond acceptors (Lipinski definition) is 9.